The number of nitrogens with one attached hydrogen (secondary N) is 1. The monoisotopic (exact) mass is 968 g/mol. The highest BCUT2D eigenvalue weighted by molar-refractivity contribution is 7.91. The summed E-state index contributed by atoms with van der Waals surface area (Å²) in [5.41, 5.74) is 6.22. The van der Waals surface area contributed by atoms with Gasteiger partial charge in [-0.05, 0) is 55.3 Å². The summed E-state index contributed by atoms with van der Waals surface area (Å²) in [5.74, 6) is -1.69. The minimum absolute atomic E-state index is 0.0933. The van der Waals surface area contributed by atoms with Crippen LogP contribution >= 0.6 is 11.3 Å². The molecule has 3 heterocycles. The SMILES string of the molecule is COc1cc(N2CCN(CCS(C)(=O)=O)CC2)c(C)cc1Nc1nccc(-c2sc(C(C)C)nc2-c2cccc(CS(=O)(=O)c3c(F)cccc3F)c2)n1.Cc1ccccc1.O=S(=O)=O. The Bertz CT molecular complexity index is 2910. The lowest BCUT2D eigenvalue weighted by atomic mass is 10.1. The van der Waals surface area contributed by atoms with Crippen molar-refractivity contribution in [2.75, 3.05) is 62.1 Å². The van der Waals surface area contributed by atoms with Crippen molar-refractivity contribution in [2.24, 2.45) is 0 Å². The number of benzene rings is 4. The summed E-state index contributed by atoms with van der Waals surface area (Å²) in [7, 11) is -8.87. The summed E-state index contributed by atoms with van der Waals surface area (Å²) >= 11 is 1.47. The lowest BCUT2D eigenvalue weighted by Gasteiger charge is -2.37. The summed E-state index contributed by atoms with van der Waals surface area (Å²) in [6, 6.07) is 25.8. The van der Waals surface area contributed by atoms with Gasteiger partial charge in [-0.1, -0.05) is 74.0 Å². The number of sulfone groups is 2. The Morgan fingerprint density at radius 1 is 0.846 bits per heavy atom. The van der Waals surface area contributed by atoms with E-state index in [1.807, 2.05) is 57.2 Å². The average molecular weight is 969 g/mol. The van der Waals surface area contributed by atoms with Crippen molar-refractivity contribution in [3.63, 3.8) is 0 Å². The van der Waals surface area contributed by atoms with Gasteiger partial charge in [-0.25, -0.2) is 40.6 Å². The molecule has 0 atom stereocenters. The Morgan fingerprint density at radius 2 is 1.49 bits per heavy atom. The van der Waals surface area contributed by atoms with Gasteiger partial charge in [0.15, 0.2) is 9.84 Å². The van der Waals surface area contributed by atoms with E-state index in [0.29, 0.717) is 46.4 Å². The molecule has 1 N–H and O–H groups in total. The molecule has 0 bridgehead atoms. The number of hydrogen-bond donors (Lipinski definition) is 1. The number of hydrogen-bond acceptors (Lipinski definition) is 15. The molecule has 1 aliphatic rings. The predicted octanol–water partition coefficient (Wildman–Crippen LogP) is 7.86. The molecular weight excluding hydrogens is 919 g/mol. The van der Waals surface area contributed by atoms with Crippen LogP contribution in [0, 0.1) is 25.5 Å². The number of aryl methyl sites for hydroxylation is 2. The van der Waals surface area contributed by atoms with Gasteiger partial charge < -0.3 is 15.0 Å². The molecule has 20 heteroatoms. The van der Waals surface area contributed by atoms with Crippen LogP contribution in [-0.4, -0.2) is 101 Å². The van der Waals surface area contributed by atoms with Crippen LogP contribution in [0.5, 0.6) is 5.75 Å². The first-order valence-electron chi connectivity index (χ1n) is 20.2. The van der Waals surface area contributed by atoms with Gasteiger partial charge in [-0.3, -0.25) is 4.90 Å². The molecule has 0 radical (unpaired) electrons. The molecule has 4 aromatic carbocycles. The van der Waals surface area contributed by atoms with Crippen molar-refractivity contribution in [3.05, 3.63) is 131 Å². The number of halogens is 2. The Kier molecular flexibility index (Phi) is 17.4. The van der Waals surface area contributed by atoms with E-state index >= 15 is 0 Å². The van der Waals surface area contributed by atoms with E-state index in [-0.39, 0.29) is 11.7 Å². The predicted molar refractivity (Wildman–Crippen MR) is 250 cm³/mol. The van der Waals surface area contributed by atoms with Crippen molar-refractivity contribution in [1.82, 2.24) is 19.9 Å². The number of anilines is 3. The number of ether oxygens (including phenoxy) is 1. The molecule has 0 unspecified atom stereocenters. The molecule has 6 aromatic rings. The van der Waals surface area contributed by atoms with Crippen LogP contribution in [-0.2, 0) is 36.0 Å². The lowest BCUT2D eigenvalue weighted by Crippen LogP contribution is -2.47. The first-order chi connectivity index (χ1) is 30.7. The number of thiazole rings is 1. The number of piperazine rings is 1. The Labute approximate surface area is 384 Å². The maximum atomic E-state index is 14.4. The average Bonchev–Trinajstić information content (AvgIpc) is 3.70. The summed E-state index contributed by atoms with van der Waals surface area (Å²) in [5, 5.41) is 4.17. The van der Waals surface area contributed by atoms with Gasteiger partial charge >= 0.3 is 10.6 Å². The van der Waals surface area contributed by atoms with Crippen LogP contribution in [0.25, 0.3) is 21.8 Å². The van der Waals surface area contributed by atoms with E-state index in [9.17, 15) is 25.6 Å². The van der Waals surface area contributed by atoms with Crippen molar-refractivity contribution >= 4 is 58.9 Å². The van der Waals surface area contributed by atoms with Crippen LogP contribution < -0.4 is 15.0 Å². The third kappa shape index (κ3) is 14.4. The van der Waals surface area contributed by atoms with Gasteiger partial charge in [0.1, 0.15) is 32.1 Å². The second-order valence-corrected chi connectivity index (χ2v) is 21.1. The third-order valence-electron chi connectivity index (χ3n) is 10.0. The highest BCUT2D eigenvalue weighted by atomic mass is 32.2. The highest BCUT2D eigenvalue weighted by Crippen LogP contribution is 2.40. The van der Waals surface area contributed by atoms with E-state index < -0.39 is 52.6 Å². The number of methoxy groups -OCH3 is 1. The van der Waals surface area contributed by atoms with Crippen molar-refractivity contribution in [3.8, 4) is 27.6 Å². The van der Waals surface area contributed by atoms with Gasteiger partial charge in [-0.2, -0.15) is 0 Å². The minimum atomic E-state index is -4.34. The van der Waals surface area contributed by atoms with E-state index in [0.717, 1.165) is 65.5 Å². The molecule has 0 spiro atoms. The van der Waals surface area contributed by atoms with E-state index in [2.05, 4.69) is 39.2 Å². The largest absolute Gasteiger partial charge is 0.494 e. The molecule has 1 aliphatic heterocycles. The molecule has 0 saturated carbocycles. The lowest BCUT2D eigenvalue weighted by molar-refractivity contribution is 0.272. The van der Waals surface area contributed by atoms with E-state index in [1.165, 1.54) is 23.2 Å². The van der Waals surface area contributed by atoms with Crippen LogP contribution in [0.4, 0.5) is 26.1 Å². The zero-order chi connectivity index (χ0) is 47.5. The number of aromatic nitrogens is 3. The fraction of sp³-hybridized carbons (Fsp3) is 0.311. The summed E-state index contributed by atoms with van der Waals surface area (Å²) in [6.07, 6.45) is 2.91. The number of rotatable bonds is 13. The van der Waals surface area contributed by atoms with Crippen LogP contribution in [0.1, 0.15) is 41.5 Å². The first kappa shape index (κ1) is 50.3. The topological polar surface area (TPSA) is 186 Å². The molecule has 0 amide bonds. The summed E-state index contributed by atoms with van der Waals surface area (Å²) < 4.78 is 110. The molecule has 346 valence electrons. The van der Waals surface area contributed by atoms with Crippen molar-refractivity contribution < 1.29 is 43.0 Å². The van der Waals surface area contributed by atoms with Crippen molar-refractivity contribution in [2.45, 2.75) is 44.3 Å². The summed E-state index contributed by atoms with van der Waals surface area (Å²) in [6.45, 7) is 11.7. The quantitative estimate of drug-likeness (QED) is 0.118. The zero-order valence-electron chi connectivity index (χ0n) is 36.7. The highest BCUT2D eigenvalue weighted by Gasteiger charge is 2.26. The smallest absolute Gasteiger partial charge is 0.425 e. The van der Waals surface area contributed by atoms with Gasteiger partial charge in [0.2, 0.25) is 5.95 Å². The third-order valence-corrected chi connectivity index (χ3v) is 14.0. The molecule has 65 heavy (non-hydrogen) atoms. The van der Waals surface area contributed by atoms with E-state index in [1.54, 1.807) is 37.6 Å². The Hall–Kier alpha value is -5.67. The maximum Gasteiger partial charge on any atom is 0.425 e. The first-order valence-corrected chi connectivity index (χ1v) is 25.8. The molecule has 7 rings (SSSR count). The van der Waals surface area contributed by atoms with E-state index in [4.69, 9.17) is 27.3 Å². The van der Waals surface area contributed by atoms with Gasteiger partial charge in [0.25, 0.3) is 0 Å². The van der Waals surface area contributed by atoms with Gasteiger partial charge in [-0.15, -0.1) is 24.0 Å². The fourth-order valence-corrected chi connectivity index (χ4v) is 9.97. The summed E-state index contributed by atoms with van der Waals surface area (Å²) in [4.78, 5) is 18.5. The normalized spacial score (nSPS) is 13.0. The molecule has 1 fully saturated rings. The molecule has 1 saturated heterocycles. The second-order valence-electron chi connectivity index (χ2n) is 15.4. The minimum Gasteiger partial charge on any atom is -0.494 e. The van der Waals surface area contributed by atoms with Crippen molar-refractivity contribution in [1.29, 1.82) is 0 Å². The second kappa shape index (κ2) is 22.5. The molecule has 0 aliphatic carbocycles. The van der Waals surface area contributed by atoms with Gasteiger partial charge in [0.05, 0.1) is 45.6 Å². The molecule has 2 aromatic heterocycles. The van der Waals surface area contributed by atoms with Crippen LogP contribution in [0.15, 0.2) is 102 Å². The molecule has 14 nitrogen and oxygen atoms in total. The Morgan fingerprint density at radius 3 is 2.08 bits per heavy atom. The zero-order valence-corrected chi connectivity index (χ0v) is 39.9. The standard InChI is InChI=1S/C38H42F2N6O5S3.C7H8.O3S/c1-24(2)37-44-34(27-9-6-8-26(21-27)23-54(49,50)36-28(39)10-7-11-29(36)40)35(52-37)30-12-13-41-38(42-30)43-31-20-25(3)32(22-33(31)51-4)46-16-14-45(15-17-46)18-19-53(5,47)48;1-7-5-3-2-4-6-7;1-4(2)3/h6-13,20-22,24H,14-19,23H2,1-5H3,(H,41,42,43);2-6H,1H3;. The molecular formula is C45H50F2N6O8S4. The maximum absolute atomic E-state index is 14.4. The fourth-order valence-electron chi connectivity index (χ4n) is 6.82. The Balaban J connectivity index is 0.000000636. The van der Waals surface area contributed by atoms with Crippen LogP contribution in [0.2, 0.25) is 0 Å². The number of nitrogens with zero attached hydrogens (tertiary/aromatic N) is 5. The van der Waals surface area contributed by atoms with Gasteiger partial charge in [0, 0.05) is 68.4 Å². The van der Waals surface area contributed by atoms with Crippen LogP contribution in [0.3, 0.4) is 0 Å².